The smallest absolute Gasteiger partial charge is 0.331 e. The monoisotopic (exact) mass is 414 g/mol. The molecule has 0 saturated carbocycles. The Bertz CT molecular complexity index is 1150. The van der Waals surface area contributed by atoms with E-state index in [-0.39, 0.29) is 30.1 Å². The Labute approximate surface area is 171 Å². The number of allylic oxidation sites excluding steroid dienone is 1. The molecule has 158 valence electrons. The van der Waals surface area contributed by atoms with Crippen molar-refractivity contribution in [2.24, 2.45) is 5.10 Å². The Morgan fingerprint density at radius 1 is 1.37 bits per heavy atom. The van der Waals surface area contributed by atoms with Gasteiger partial charge in [-0.2, -0.15) is 5.10 Å². The van der Waals surface area contributed by atoms with E-state index in [1.165, 1.54) is 32.2 Å². The molecule has 1 aliphatic heterocycles. The third-order valence-corrected chi connectivity index (χ3v) is 4.80. The molecule has 1 amide bonds. The predicted molar refractivity (Wildman–Crippen MR) is 109 cm³/mol. The lowest BCUT2D eigenvalue weighted by Gasteiger charge is -2.22. The topological polar surface area (TPSA) is 126 Å². The summed E-state index contributed by atoms with van der Waals surface area (Å²) in [4.78, 5) is 38.9. The van der Waals surface area contributed by atoms with Crippen LogP contribution in [0.1, 0.15) is 30.5 Å². The van der Waals surface area contributed by atoms with E-state index in [0.29, 0.717) is 17.1 Å². The molecule has 0 bridgehead atoms. The van der Waals surface area contributed by atoms with E-state index in [2.05, 4.69) is 16.7 Å². The molecule has 0 fully saturated rings. The van der Waals surface area contributed by atoms with E-state index >= 15 is 0 Å². The zero-order valence-electron chi connectivity index (χ0n) is 16.8. The van der Waals surface area contributed by atoms with Gasteiger partial charge in [-0.05, 0) is 18.2 Å². The fraction of sp³-hybridized carbons (Fsp3) is 0.300. The van der Waals surface area contributed by atoms with Crippen molar-refractivity contribution in [1.29, 1.82) is 0 Å². The molecule has 2 aromatic rings. The summed E-state index contributed by atoms with van der Waals surface area (Å²) in [5.41, 5.74) is -0.947. The van der Waals surface area contributed by atoms with Crippen molar-refractivity contribution in [3.8, 4) is 17.4 Å². The first-order chi connectivity index (χ1) is 14.3. The Balaban J connectivity index is 2.14. The summed E-state index contributed by atoms with van der Waals surface area (Å²) in [6.45, 7) is 4.87. The van der Waals surface area contributed by atoms with Crippen LogP contribution in [-0.4, -0.2) is 45.5 Å². The van der Waals surface area contributed by atoms with Gasteiger partial charge in [-0.1, -0.05) is 6.08 Å². The van der Waals surface area contributed by atoms with Gasteiger partial charge in [0.15, 0.2) is 0 Å². The average Bonchev–Trinajstić information content (AvgIpc) is 3.15. The van der Waals surface area contributed by atoms with Crippen LogP contribution in [0.2, 0.25) is 0 Å². The summed E-state index contributed by atoms with van der Waals surface area (Å²) < 4.78 is 11.7. The quantitative estimate of drug-likeness (QED) is 0.683. The first-order valence-corrected chi connectivity index (χ1v) is 9.08. The van der Waals surface area contributed by atoms with Gasteiger partial charge >= 0.3 is 5.69 Å². The number of carbonyl (C=O) groups excluding carboxylic acids is 1. The summed E-state index contributed by atoms with van der Waals surface area (Å²) >= 11 is 0. The van der Waals surface area contributed by atoms with Crippen molar-refractivity contribution in [2.75, 3.05) is 14.2 Å². The average molecular weight is 414 g/mol. The number of methoxy groups -OCH3 is 2. The number of hydrogen-bond donors (Lipinski definition) is 2. The van der Waals surface area contributed by atoms with E-state index in [0.717, 1.165) is 4.57 Å². The van der Waals surface area contributed by atoms with Crippen molar-refractivity contribution in [2.45, 2.75) is 25.9 Å². The zero-order valence-corrected chi connectivity index (χ0v) is 16.8. The number of amides is 1. The van der Waals surface area contributed by atoms with Crippen LogP contribution in [0, 0.1) is 0 Å². The number of hydrogen-bond acceptors (Lipinski definition) is 7. The summed E-state index contributed by atoms with van der Waals surface area (Å²) in [6, 6.07) is 4.56. The Morgan fingerprint density at radius 2 is 2.10 bits per heavy atom. The summed E-state index contributed by atoms with van der Waals surface area (Å²) in [6.07, 6.45) is 1.53. The second kappa shape index (κ2) is 8.27. The summed E-state index contributed by atoms with van der Waals surface area (Å²) in [7, 11) is 3.02. The van der Waals surface area contributed by atoms with E-state index in [9.17, 15) is 19.5 Å². The normalized spacial score (nSPS) is 15.6. The van der Waals surface area contributed by atoms with Crippen LogP contribution in [-0.2, 0) is 11.3 Å². The largest absolute Gasteiger partial charge is 0.497 e. The standard InChI is InChI=1S/C20H22N4O6/c1-5-8-23-19(27)17(18(26)21-20(23)28)14-10-15(24(22-14)11(2)25)13-9-12(29-3)6-7-16(13)30-4/h5-7,9,15,27H,1,8,10H2,2-4H3,(H,21,26,28)/t15-/m0/s1. The van der Waals surface area contributed by atoms with Gasteiger partial charge in [-0.15, -0.1) is 6.58 Å². The Kier molecular flexibility index (Phi) is 5.77. The Morgan fingerprint density at radius 3 is 2.70 bits per heavy atom. The fourth-order valence-electron chi connectivity index (χ4n) is 3.41. The molecular weight excluding hydrogens is 392 g/mol. The minimum atomic E-state index is -0.793. The number of aromatic hydroxyl groups is 1. The maximum atomic E-state index is 12.5. The van der Waals surface area contributed by atoms with Crippen molar-refractivity contribution >= 4 is 11.6 Å². The van der Waals surface area contributed by atoms with Gasteiger partial charge < -0.3 is 14.6 Å². The molecule has 1 aliphatic rings. The van der Waals surface area contributed by atoms with Gasteiger partial charge in [0, 0.05) is 25.5 Å². The highest BCUT2D eigenvalue weighted by atomic mass is 16.5. The highest BCUT2D eigenvalue weighted by Gasteiger charge is 2.36. The number of aromatic amines is 1. The second-order valence-electron chi connectivity index (χ2n) is 6.60. The maximum absolute atomic E-state index is 12.5. The number of H-pyrrole nitrogens is 1. The number of rotatable bonds is 6. The number of hydrazone groups is 1. The maximum Gasteiger partial charge on any atom is 0.331 e. The van der Waals surface area contributed by atoms with Crippen LogP contribution >= 0.6 is 0 Å². The molecule has 1 aromatic heterocycles. The number of benzene rings is 1. The van der Waals surface area contributed by atoms with E-state index in [1.54, 1.807) is 18.2 Å². The van der Waals surface area contributed by atoms with Gasteiger partial charge in [0.05, 0.1) is 26.0 Å². The highest BCUT2D eigenvalue weighted by Crippen LogP contribution is 2.39. The highest BCUT2D eigenvalue weighted by molar-refractivity contribution is 6.04. The van der Waals surface area contributed by atoms with E-state index < -0.39 is 23.2 Å². The zero-order chi connectivity index (χ0) is 22.0. The van der Waals surface area contributed by atoms with Gasteiger partial charge in [0.25, 0.3) is 5.56 Å². The molecule has 2 N–H and O–H groups in total. The van der Waals surface area contributed by atoms with Crippen LogP contribution in [0.15, 0.2) is 45.5 Å². The predicted octanol–water partition coefficient (Wildman–Crippen LogP) is 1.14. The van der Waals surface area contributed by atoms with Crippen molar-refractivity contribution < 1.29 is 19.4 Å². The van der Waals surface area contributed by atoms with Crippen LogP contribution in [0.4, 0.5) is 0 Å². The van der Waals surface area contributed by atoms with Gasteiger partial charge in [0.1, 0.15) is 17.1 Å². The molecule has 0 saturated heterocycles. The number of nitrogens with one attached hydrogen (secondary N) is 1. The molecular formula is C20H22N4O6. The molecule has 0 aliphatic carbocycles. The fourth-order valence-corrected chi connectivity index (χ4v) is 3.41. The van der Waals surface area contributed by atoms with Crippen LogP contribution in [0.25, 0.3) is 0 Å². The van der Waals surface area contributed by atoms with Crippen molar-refractivity contribution in [3.63, 3.8) is 0 Å². The van der Waals surface area contributed by atoms with Gasteiger partial charge in [-0.25, -0.2) is 9.80 Å². The minimum absolute atomic E-state index is 0.00865. The van der Waals surface area contributed by atoms with Gasteiger partial charge in [0.2, 0.25) is 11.8 Å². The molecule has 1 aromatic carbocycles. The molecule has 2 heterocycles. The third kappa shape index (κ3) is 3.59. The lowest BCUT2D eigenvalue weighted by molar-refractivity contribution is -0.130. The lowest BCUT2D eigenvalue weighted by atomic mass is 9.98. The third-order valence-electron chi connectivity index (χ3n) is 4.80. The van der Waals surface area contributed by atoms with E-state index in [4.69, 9.17) is 9.47 Å². The molecule has 0 spiro atoms. The molecule has 10 heteroatoms. The number of carbonyl (C=O) groups is 1. The van der Waals surface area contributed by atoms with E-state index in [1.807, 2.05) is 0 Å². The van der Waals surface area contributed by atoms with Crippen LogP contribution in [0.5, 0.6) is 17.4 Å². The summed E-state index contributed by atoms with van der Waals surface area (Å²) in [5.74, 6) is 0.167. The first-order valence-electron chi connectivity index (χ1n) is 9.08. The molecule has 0 radical (unpaired) electrons. The van der Waals surface area contributed by atoms with Gasteiger partial charge in [-0.3, -0.25) is 19.1 Å². The minimum Gasteiger partial charge on any atom is -0.497 e. The molecule has 10 nitrogen and oxygen atoms in total. The van der Waals surface area contributed by atoms with Crippen molar-refractivity contribution in [3.05, 3.63) is 62.8 Å². The number of ether oxygens (including phenoxy) is 2. The first kappa shape index (κ1) is 20.9. The Hall–Kier alpha value is -3.82. The SMILES string of the molecule is C=CCn1c(O)c(C2=NN(C(C)=O)[C@H](c3cc(OC)ccc3OC)C2)c(=O)[nH]c1=O. The molecule has 30 heavy (non-hydrogen) atoms. The molecule has 3 rings (SSSR count). The van der Waals surface area contributed by atoms with Crippen LogP contribution < -0.4 is 20.7 Å². The second-order valence-corrected chi connectivity index (χ2v) is 6.60. The molecule has 0 unspecified atom stereocenters. The van der Waals surface area contributed by atoms with Crippen molar-refractivity contribution in [1.82, 2.24) is 14.6 Å². The number of nitrogens with zero attached hydrogens (tertiary/aromatic N) is 3. The van der Waals surface area contributed by atoms with Crippen LogP contribution in [0.3, 0.4) is 0 Å². The summed E-state index contributed by atoms with van der Waals surface area (Å²) in [5, 5.41) is 16.1. The lowest BCUT2D eigenvalue weighted by Crippen LogP contribution is -2.33. The molecule has 1 atom stereocenters. The number of aromatic nitrogens is 2.